The van der Waals surface area contributed by atoms with E-state index < -0.39 is 0 Å². The van der Waals surface area contributed by atoms with Gasteiger partial charge in [0.1, 0.15) is 5.52 Å². The largest absolute Gasteiger partial charge is 0.454 e. The molecule has 0 aliphatic heterocycles. The molecule has 0 fully saturated rings. The van der Waals surface area contributed by atoms with Gasteiger partial charge < -0.3 is 4.74 Å². The molecule has 0 radical (unpaired) electrons. The summed E-state index contributed by atoms with van der Waals surface area (Å²) in [6, 6.07) is 0. The van der Waals surface area contributed by atoms with Crippen LogP contribution in [0.25, 0.3) is 0 Å². The van der Waals surface area contributed by atoms with Gasteiger partial charge in [0.2, 0.25) is 0 Å². The first kappa shape index (κ1) is 7.95. The van der Waals surface area contributed by atoms with Crippen molar-refractivity contribution in [2.45, 2.75) is 13.8 Å². The highest BCUT2D eigenvalue weighted by Gasteiger charge is 2.05. The fraction of sp³-hybridized carbons (Fsp3) is 0.800. The van der Waals surface area contributed by atoms with Crippen molar-refractivity contribution in [3.05, 3.63) is 0 Å². The molecule has 0 N–H and O–H groups in total. The van der Waals surface area contributed by atoms with E-state index in [9.17, 15) is 4.79 Å². The third kappa shape index (κ3) is 3.02. The zero-order valence-electron chi connectivity index (χ0n) is 4.98. The molecule has 0 aromatic rings. The van der Waals surface area contributed by atoms with Gasteiger partial charge in [-0.3, -0.25) is 4.79 Å². The van der Waals surface area contributed by atoms with E-state index >= 15 is 0 Å². The van der Waals surface area contributed by atoms with Crippen molar-refractivity contribution in [2.75, 3.05) is 5.52 Å². The van der Waals surface area contributed by atoms with E-state index in [1.807, 2.05) is 0 Å². The van der Waals surface area contributed by atoms with E-state index in [2.05, 4.69) is 20.7 Å². The molecule has 0 aliphatic carbocycles. The van der Waals surface area contributed by atoms with E-state index in [1.54, 1.807) is 13.8 Å². The molecule has 8 heavy (non-hydrogen) atoms. The minimum Gasteiger partial charge on any atom is -0.454 e. The lowest BCUT2D eigenvalue weighted by atomic mass is 10.2. The van der Waals surface area contributed by atoms with Gasteiger partial charge in [0.05, 0.1) is 5.92 Å². The van der Waals surface area contributed by atoms with Crippen molar-refractivity contribution in [1.82, 2.24) is 0 Å². The quantitative estimate of drug-likeness (QED) is 0.477. The Morgan fingerprint density at radius 2 is 2.25 bits per heavy atom. The number of hydrogen-bond acceptors (Lipinski definition) is 2. The molecular weight excluding hydrogens is 172 g/mol. The number of carbonyl (C=O) groups excluding carboxylic acids is 1. The molecule has 2 nitrogen and oxygen atoms in total. The summed E-state index contributed by atoms with van der Waals surface area (Å²) in [6.07, 6.45) is 0. The first-order valence-corrected chi connectivity index (χ1v) is 3.53. The maximum atomic E-state index is 10.5. The summed E-state index contributed by atoms with van der Waals surface area (Å²) in [4.78, 5) is 10.5. The van der Waals surface area contributed by atoms with Gasteiger partial charge in [0.15, 0.2) is 0 Å². The fourth-order valence-electron chi connectivity index (χ4n) is 0.220. The van der Waals surface area contributed by atoms with Crippen LogP contribution in [0.3, 0.4) is 0 Å². The summed E-state index contributed by atoms with van der Waals surface area (Å²) in [5.41, 5.74) is 0.296. The molecule has 0 heterocycles. The van der Waals surface area contributed by atoms with Gasteiger partial charge in [-0.15, -0.1) is 0 Å². The van der Waals surface area contributed by atoms with E-state index in [-0.39, 0.29) is 11.9 Å². The lowest BCUT2D eigenvalue weighted by molar-refractivity contribution is -0.144. The predicted molar refractivity (Wildman–Crippen MR) is 34.7 cm³/mol. The number of rotatable bonds is 2. The Balaban J connectivity index is 3.33. The van der Waals surface area contributed by atoms with Crippen molar-refractivity contribution in [1.29, 1.82) is 0 Å². The van der Waals surface area contributed by atoms with Crippen LogP contribution in [0, 0.1) is 5.92 Å². The normalized spacial score (nSPS) is 9.50. The summed E-state index contributed by atoms with van der Waals surface area (Å²) in [6.45, 7) is 3.59. The number of alkyl halides is 1. The summed E-state index contributed by atoms with van der Waals surface area (Å²) < 4.78 is 4.58. The molecule has 3 heteroatoms. The second-order valence-corrected chi connectivity index (χ2v) is 2.19. The van der Waals surface area contributed by atoms with Crippen LogP contribution in [0.5, 0.6) is 0 Å². The predicted octanol–water partition coefficient (Wildman–Crippen LogP) is 1.54. The van der Waals surface area contributed by atoms with E-state index in [0.717, 1.165) is 0 Å². The molecule has 0 unspecified atom stereocenters. The number of halogens is 1. The summed E-state index contributed by atoms with van der Waals surface area (Å²) in [5.74, 6) is -0.186. The second kappa shape index (κ2) is 3.89. The van der Waals surface area contributed by atoms with Gasteiger partial charge in [-0.25, -0.2) is 0 Å². The third-order valence-electron chi connectivity index (χ3n) is 0.668. The van der Waals surface area contributed by atoms with E-state index in [0.29, 0.717) is 5.52 Å². The van der Waals surface area contributed by atoms with Gasteiger partial charge in [-0.1, -0.05) is 13.8 Å². The van der Waals surface area contributed by atoms with Crippen molar-refractivity contribution < 1.29 is 9.53 Å². The van der Waals surface area contributed by atoms with Gasteiger partial charge in [-0.05, 0) is 15.9 Å². The summed E-state index contributed by atoms with van der Waals surface area (Å²) in [7, 11) is 0. The molecule has 0 aromatic carbocycles. The lowest BCUT2D eigenvalue weighted by Gasteiger charge is -2.00. The highest BCUT2D eigenvalue weighted by Crippen LogP contribution is 1.96. The van der Waals surface area contributed by atoms with Gasteiger partial charge in [0.25, 0.3) is 0 Å². The van der Waals surface area contributed by atoms with Crippen molar-refractivity contribution in [2.24, 2.45) is 5.92 Å². The molecule has 0 amide bonds. The molecule has 0 atom stereocenters. The van der Waals surface area contributed by atoms with Gasteiger partial charge in [0, 0.05) is 0 Å². The molecule has 0 aliphatic rings. The van der Waals surface area contributed by atoms with E-state index in [1.165, 1.54) is 0 Å². The van der Waals surface area contributed by atoms with Crippen LogP contribution in [-0.4, -0.2) is 11.5 Å². The maximum Gasteiger partial charge on any atom is 0.309 e. The standard InChI is InChI=1S/C5H9BrO2/c1-4(2)5(7)8-3-6/h4H,3H2,1-2H3. The molecule has 0 saturated carbocycles. The summed E-state index contributed by atoms with van der Waals surface area (Å²) in [5, 5.41) is 0. The lowest BCUT2D eigenvalue weighted by Crippen LogP contribution is -2.09. The monoisotopic (exact) mass is 180 g/mol. The smallest absolute Gasteiger partial charge is 0.309 e. The van der Waals surface area contributed by atoms with Crippen LogP contribution in [0.1, 0.15) is 13.8 Å². The molecule has 0 bridgehead atoms. The minimum atomic E-state index is -0.165. The molecule has 0 aromatic heterocycles. The van der Waals surface area contributed by atoms with Crippen LogP contribution in [0.2, 0.25) is 0 Å². The Kier molecular flexibility index (Phi) is 3.87. The Bertz CT molecular complexity index is 80.5. The van der Waals surface area contributed by atoms with Crippen LogP contribution in [0.4, 0.5) is 0 Å². The summed E-state index contributed by atoms with van der Waals surface area (Å²) >= 11 is 2.98. The zero-order chi connectivity index (χ0) is 6.57. The number of hydrogen-bond donors (Lipinski definition) is 0. The Hall–Kier alpha value is -0.0500. The van der Waals surface area contributed by atoms with Crippen molar-refractivity contribution in [3.8, 4) is 0 Å². The number of ether oxygens (including phenoxy) is 1. The van der Waals surface area contributed by atoms with Crippen LogP contribution in [-0.2, 0) is 9.53 Å². The topological polar surface area (TPSA) is 26.3 Å². The highest BCUT2D eigenvalue weighted by atomic mass is 79.9. The number of esters is 1. The minimum absolute atomic E-state index is 0.0208. The molecule has 0 spiro atoms. The maximum absolute atomic E-state index is 10.5. The average molecular weight is 181 g/mol. The molecule has 0 rings (SSSR count). The fourth-order valence-corrected chi connectivity index (χ4v) is 0.446. The van der Waals surface area contributed by atoms with Crippen LogP contribution in [0.15, 0.2) is 0 Å². The van der Waals surface area contributed by atoms with Gasteiger partial charge >= 0.3 is 5.97 Å². The molecular formula is C5H9BrO2. The Morgan fingerprint density at radius 3 is 2.38 bits per heavy atom. The average Bonchev–Trinajstić information content (AvgIpc) is 1.67. The third-order valence-corrected chi connectivity index (χ3v) is 0.897. The Labute approximate surface area is 57.3 Å². The molecule has 0 saturated heterocycles. The van der Waals surface area contributed by atoms with Crippen LogP contribution >= 0.6 is 15.9 Å². The molecule has 48 valence electrons. The van der Waals surface area contributed by atoms with Gasteiger partial charge in [-0.2, -0.15) is 0 Å². The first-order valence-electron chi connectivity index (χ1n) is 2.41. The van der Waals surface area contributed by atoms with Crippen LogP contribution < -0.4 is 0 Å². The second-order valence-electron chi connectivity index (χ2n) is 1.73. The SMILES string of the molecule is CC(C)C(=O)OCBr. The highest BCUT2D eigenvalue weighted by molar-refractivity contribution is 9.09. The van der Waals surface area contributed by atoms with Crippen molar-refractivity contribution in [3.63, 3.8) is 0 Å². The first-order chi connectivity index (χ1) is 3.68. The zero-order valence-corrected chi connectivity index (χ0v) is 6.56. The van der Waals surface area contributed by atoms with Crippen molar-refractivity contribution >= 4 is 21.9 Å². The Morgan fingerprint density at radius 1 is 1.75 bits per heavy atom. The number of carbonyl (C=O) groups is 1. The van der Waals surface area contributed by atoms with E-state index in [4.69, 9.17) is 0 Å².